The fourth-order valence-corrected chi connectivity index (χ4v) is 4.18. The molecule has 1 aliphatic rings. The van der Waals surface area contributed by atoms with Crippen LogP contribution in [0.5, 0.6) is 0 Å². The van der Waals surface area contributed by atoms with Gasteiger partial charge in [0, 0.05) is 38.4 Å². The van der Waals surface area contributed by atoms with E-state index in [9.17, 15) is 31.2 Å². The number of piperazine rings is 1. The second kappa shape index (κ2) is 7.16. The number of amides is 1. The van der Waals surface area contributed by atoms with E-state index in [-0.39, 0.29) is 37.3 Å². The maximum atomic E-state index is 13.9. The molecule has 1 saturated heterocycles. The molecule has 2 heterocycles. The minimum atomic E-state index is -4.39. The van der Waals surface area contributed by atoms with Crippen molar-refractivity contribution < 1.29 is 26.4 Å². The third-order valence-electron chi connectivity index (χ3n) is 4.17. The van der Waals surface area contributed by atoms with Gasteiger partial charge in [0.25, 0.3) is 5.91 Å². The van der Waals surface area contributed by atoms with Crippen LogP contribution in [0.3, 0.4) is 0 Å². The Bertz CT molecular complexity index is 1030. The Kier molecular flexibility index (Phi) is 5.07. The van der Waals surface area contributed by atoms with Gasteiger partial charge in [0.2, 0.25) is 15.6 Å². The van der Waals surface area contributed by atoms with Crippen molar-refractivity contribution >= 4 is 15.9 Å². The number of pyridine rings is 1. The van der Waals surface area contributed by atoms with Crippen LogP contribution in [0.25, 0.3) is 0 Å². The van der Waals surface area contributed by atoms with Crippen LogP contribution in [0, 0.1) is 17.5 Å². The molecule has 0 unspecified atom stereocenters. The summed E-state index contributed by atoms with van der Waals surface area (Å²) in [6.07, 6.45) is 1.25. The first-order valence-corrected chi connectivity index (χ1v) is 9.27. The monoisotopic (exact) mass is 401 g/mol. The lowest BCUT2D eigenvalue weighted by Gasteiger charge is -2.34. The molecular weight excluding hydrogens is 387 g/mol. The molecule has 0 aliphatic carbocycles. The maximum Gasteiger partial charge on any atom is 0.255 e. The van der Waals surface area contributed by atoms with Crippen molar-refractivity contribution in [2.45, 2.75) is 4.90 Å². The smallest absolute Gasteiger partial charge is 0.255 e. The number of sulfonamides is 1. The number of nitrogens with one attached hydrogen (secondary N) is 1. The number of carbonyl (C=O) groups is 1. The van der Waals surface area contributed by atoms with Gasteiger partial charge in [0.1, 0.15) is 4.90 Å². The zero-order valence-corrected chi connectivity index (χ0v) is 14.6. The number of aromatic nitrogens is 1. The topological polar surface area (TPSA) is 90.6 Å². The Morgan fingerprint density at radius 3 is 2.22 bits per heavy atom. The molecule has 0 atom stereocenters. The normalized spacial score (nSPS) is 15.7. The quantitative estimate of drug-likeness (QED) is 0.775. The number of nitrogens with zero attached hydrogens (tertiary/aromatic N) is 2. The van der Waals surface area contributed by atoms with Crippen LogP contribution in [0.2, 0.25) is 0 Å². The minimum absolute atomic E-state index is 0.0164. The third kappa shape index (κ3) is 3.60. The Balaban J connectivity index is 1.75. The molecule has 1 aromatic heterocycles. The molecule has 1 aromatic carbocycles. The summed E-state index contributed by atoms with van der Waals surface area (Å²) in [5.74, 6) is -5.52. The first-order chi connectivity index (χ1) is 12.7. The van der Waals surface area contributed by atoms with Crippen molar-refractivity contribution in [3.63, 3.8) is 0 Å². The molecule has 3 rings (SSSR count). The number of carbonyl (C=O) groups excluding carboxylic acids is 1. The van der Waals surface area contributed by atoms with Gasteiger partial charge in [-0.3, -0.25) is 9.59 Å². The number of rotatable bonds is 3. The zero-order chi connectivity index (χ0) is 19.8. The van der Waals surface area contributed by atoms with Crippen molar-refractivity contribution in [1.29, 1.82) is 0 Å². The van der Waals surface area contributed by atoms with E-state index in [1.54, 1.807) is 0 Å². The Labute approximate surface area is 152 Å². The second-order valence-corrected chi connectivity index (χ2v) is 7.72. The lowest BCUT2D eigenvalue weighted by atomic mass is 10.2. The highest BCUT2D eigenvalue weighted by atomic mass is 32.2. The Morgan fingerprint density at radius 1 is 0.963 bits per heavy atom. The fraction of sp³-hybridized carbons (Fsp3) is 0.250. The molecule has 1 N–H and O–H groups in total. The van der Waals surface area contributed by atoms with Crippen LogP contribution in [0.4, 0.5) is 13.2 Å². The summed E-state index contributed by atoms with van der Waals surface area (Å²) in [6.45, 7) is -0.253. The van der Waals surface area contributed by atoms with Gasteiger partial charge in [0.05, 0.1) is 5.56 Å². The molecule has 0 radical (unpaired) electrons. The lowest BCUT2D eigenvalue weighted by Crippen LogP contribution is -2.50. The molecule has 1 amide bonds. The molecule has 0 bridgehead atoms. The summed E-state index contributed by atoms with van der Waals surface area (Å²) in [6, 6.07) is 3.75. The molecule has 11 heteroatoms. The summed E-state index contributed by atoms with van der Waals surface area (Å²) in [5, 5.41) is 0. The summed E-state index contributed by atoms with van der Waals surface area (Å²) in [7, 11) is -4.39. The van der Waals surface area contributed by atoms with E-state index in [1.165, 1.54) is 23.2 Å². The van der Waals surface area contributed by atoms with Crippen molar-refractivity contribution in [2.24, 2.45) is 0 Å². The summed E-state index contributed by atoms with van der Waals surface area (Å²) < 4.78 is 66.2. The van der Waals surface area contributed by atoms with E-state index in [2.05, 4.69) is 4.98 Å². The number of H-pyrrole nitrogens is 1. The second-order valence-electron chi connectivity index (χ2n) is 5.81. The van der Waals surface area contributed by atoms with Crippen molar-refractivity contribution in [1.82, 2.24) is 14.2 Å². The van der Waals surface area contributed by atoms with Gasteiger partial charge < -0.3 is 9.88 Å². The summed E-state index contributed by atoms with van der Waals surface area (Å²) in [5.41, 5.74) is -0.131. The molecule has 27 heavy (non-hydrogen) atoms. The highest BCUT2D eigenvalue weighted by molar-refractivity contribution is 7.89. The van der Waals surface area contributed by atoms with E-state index in [0.29, 0.717) is 12.1 Å². The maximum absolute atomic E-state index is 13.9. The molecule has 2 aromatic rings. The lowest BCUT2D eigenvalue weighted by molar-refractivity contribution is 0.0697. The highest BCUT2D eigenvalue weighted by Crippen LogP contribution is 2.24. The van der Waals surface area contributed by atoms with E-state index in [1.807, 2.05) is 0 Å². The number of aromatic amines is 1. The first kappa shape index (κ1) is 19.1. The predicted molar refractivity (Wildman–Crippen MR) is 88.0 cm³/mol. The number of hydrogen-bond acceptors (Lipinski definition) is 4. The molecule has 0 spiro atoms. The standard InChI is InChI=1S/C16H14F3N3O4S/c17-11-2-3-12(15(19)14(11)18)27(25,26)22-7-5-21(6-8-22)16(24)10-1-4-13(23)20-9-10/h1-4,9H,5-8H2,(H,20,23). The molecule has 144 valence electrons. The van der Waals surface area contributed by atoms with Crippen molar-refractivity contribution in [3.8, 4) is 0 Å². The van der Waals surface area contributed by atoms with Crippen molar-refractivity contribution in [2.75, 3.05) is 26.2 Å². The van der Waals surface area contributed by atoms with E-state index >= 15 is 0 Å². The third-order valence-corrected chi connectivity index (χ3v) is 6.09. The van der Waals surface area contributed by atoms with E-state index in [0.717, 1.165) is 4.31 Å². The fourth-order valence-electron chi connectivity index (χ4n) is 2.70. The number of halogens is 3. The van der Waals surface area contributed by atoms with Gasteiger partial charge in [-0.25, -0.2) is 21.6 Å². The van der Waals surface area contributed by atoms with Crippen LogP contribution < -0.4 is 5.56 Å². The van der Waals surface area contributed by atoms with Crippen LogP contribution in [0.1, 0.15) is 10.4 Å². The van der Waals surface area contributed by atoms with E-state index < -0.39 is 38.3 Å². The molecular formula is C16H14F3N3O4S. The minimum Gasteiger partial charge on any atom is -0.336 e. The summed E-state index contributed by atoms with van der Waals surface area (Å²) in [4.78, 5) is 26.2. The van der Waals surface area contributed by atoms with Crippen LogP contribution >= 0.6 is 0 Å². The van der Waals surface area contributed by atoms with Crippen LogP contribution in [-0.2, 0) is 10.0 Å². The van der Waals surface area contributed by atoms with Gasteiger partial charge >= 0.3 is 0 Å². The number of hydrogen-bond donors (Lipinski definition) is 1. The SMILES string of the molecule is O=C(c1ccc(=O)[nH]c1)N1CCN(S(=O)(=O)c2ccc(F)c(F)c2F)CC1. The summed E-state index contributed by atoms with van der Waals surface area (Å²) >= 11 is 0. The Hall–Kier alpha value is -2.66. The van der Waals surface area contributed by atoms with Crippen LogP contribution in [0.15, 0.2) is 40.2 Å². The highest BCUT2D eigenvalue weighted by Gasteiger charge is 2.33. The molecule has 1 fully saturated rings. The first-order valence-electron chi connectivity index (χ1n) is 7.83. The van der Waals surface area contributed by atoms with E-state index in [4.69, 9.17) is 0 Å². The largest absolute Gasteiger partial charge is 0.336 e. The average molecular weight is 401 g/mol. The zero-order valence-electron chi connectivity index (χ0n) is 13.8. The predicted octanol–water partition coefficient (Wildman–Crippen LogP) is 0.939. The van der Waals surface area contributed by atoms with Gasteiger partial charge in [-0.15, -0.1) is 0 Å². The van der Waals surface area contributed by atoms with Crippen LogP contribution in [-0.4, -0.2) is 54.7 Å². The molecule has 1 aliphatic heterocycles. The van der Waals surface area contributed by atoms with Gasteiger partial charge in [-0.05, 0) is 18.2 Å². The van der Waals surface area contributed by atoms with Gasteiger partial charge in [-0.2, -0.15) is 4.31 Å². The number of benzene rings is 1. The molecule has 0 saturated carbocycles. The van der Waals surface area contributed by atoms with Crippen molar-refractivity contribution in [3.05, 3.63) is 63.8 Å². The molecule has 7 nitrogen and oxygen atoms in total. The van der Waals surface area contributed by atoms with Gasteiger partial charge in [-0.1, -0.05) is 0 Å². The average Bonchev–Trinajstić information content (AvgIpc) is 2.66. The van der Waals surface area contributed by atoms with Gasteiger partial charge in [0.15, 0.2) is 17.5 Å². The Morgan fingerprint density at radius 2 is 1.63 bits per heavy atom.